The zero-order valence-corrected chi connectivity index (χ0v) is 18.8. The molecule has 3 rings (SSSR count). The van der Waals surface area contributed by atoms with E-state index in [2.05, 4.69) is 30.9 Å². The van der Waals surface area contributed by atoms with Gasteiger partial charge in [0.2, 0.25) is 17.8 Å². The van der Waals surface area contributed by atoms with Crippen molar-refractivity contribution in [2.75, 3.05) is 36.7 Å². The number of aromatic nitrogens is 3. The van der Waals surface area contributed by atoms with Gasteiger partial charge in [0, 0.05) is 50.4 Å². The minimum absolute atomic E-state index is 0.0391. The second kappa shape index (κ2) is 9.93. The Morgan fingerprint density at radius 3 is 2.67 bits per heavy atom. The SMILES string of the molecule is CNc1nc(C)nc(N[C@@H]2CCC[C@H](C(=O)NCc3ccc(N(C)C)cc3Cl)C2)n1. The average Bonchev–Trinajstić information content (AvgIpc) is 2.72. The van der Waals surface area contributed by atoms with Gasteiger partial charge < -0.3 is 20.9 Å². The number of amides is 1. The fraction of sp³-hybridized carbons (Fsp3) is 0.524. The van der Waals surface area contributed by atoms with Crippen molar-refractivity contribution < 1.29 is 4.79 Å². The maximum atomic E-state index is 12.8. The first kappa shape index (κ1) is 22.1. The van der Waals surface area contributed by atoms with Crippen molar-refractivity contribution in [3.05, 3.63) is 34.6 Å². The van der Waals surface area contributed by atoms with Gasteiger partial charge in [0.1, 0.15) is 5.82 Å². The molecule has 0 saturated heterocycles. The highest BCUT2D eigenvalue weighted by Gasteiger charge is 2.27. The Labute approximate surface area is 182 Å². The Balaban J connectivity index is 1.56. The molecule has 0 radical (unpaired) electrons. The highest BCUT2D eigenvalue weighted by atomic mass is 35.5. The van der Waals surface area contributed by atoms with Crippen molar-refractivity contribution in [3.63, 3.8) is 0 Å². The van der Waals surface area contributed by atoms with Crippen LogP contribution in [0.15, 0.2) is 18.2 Å². The summed E-state index contributed by atoms with van der Waals surface area (Å²) in [6.45, 7) is 2.26. The summed E-state index contributed by atoms with van der Waals surface area (Å²) in [6.07, 6.45) is 3.60. The zero-order chi connectivity index (χ0) is 21.7. The number of carbonyl (C=O) groups is 1. The number of anilines is 3. The zero-order valence-electron chi connectivity index (χ0n) is 18.0. The lowest BCUT2D eigenvalue weighted by atomic mass is 9.85. The van der Waals surface area contributed by atoms with Crippen molar-refractivity contribution in [2.24, 2.45) is 5.92 Å². The Morgan fingerprint density at radius 2 is 1.97 bits per heavy atom. The van der Waals surface area contributed by atoms with Crippen LogP contribution in [0.25, 0.3) is 0 Å². The van der Waals surface area contributed by atoms with Crippen molar-refractivity contribution in [1.82, 2.24) is 20.3 Å². The van der Waals surface area contributed by atoms with Gasteiger partial charge in [-0.3, -0.25) is 4.79 Å². The Morgan fingerprint density at radius 1 is 1.20 bits per heavy atom. The van der Waals surface area contributed by atoms with Crippen molar-refractivity contribution >= 4 is 35.1 Å². The highest BCUT2D eigenvalue weighted by Crippen LogP contribution is 2.27. The van der Waals surface area contributed by atoms with Crippen molar-refractivity contribution in [1.29, 1.82) is 0 Å². The summed E-state index contributed by atoms with van der Waals surface area (Å²) in [5.74, 6) is 1.76. The van der Waals surface area contributed by atoms with Crippen molar-refractivity contribution in [2.45, 2.75) is 45.2 Å². The summed E-state index contributed by atoms with van der Waals surface area (Å²) in [6, 6.07) is 6.04. The first-order chi connectivity index (χ1) is 14.4. The van der Waals surface area contributed by atoms with E-state index in [4.69, 9.17) is 11.6 Å². The standard InChI is InChI=1S/C21H30ClN7O/c1-13-25-20(23-2)28-21(26-13)27-16-7-5-6-14(10-16)19(30)24-12-15-8-9-17(29(3)4)11-18(15)22/h8-9,11,14,16H,5-7,10,12H2,1-4H3,(H,24,30)(H2,23,25,26,27,28)/t14-,16+/m0/s1. The fourth-order valence-electron chi connectivity index (χ4n) is 3.68. The monoisotopic (exact) mass is 431 g/mol. The Kier molecular flexibility index (Phi) is 7.31. The van der Waals surface area contributed by atoms with E-state index < -0.39 is 0 Å². The molecule has 162 valence electrons. The van der Waals surface area contributed by atoms with Crippen LogP contribution in [0.4, 0.5) is 17.6 Å². The normalized spacial score (nSPS) is 18.6. The van der Waals surface area contributed by atoms with E-state index >= 15 is 0 Å². The number of carbonyl (C=O) groups excluding carboxylic acids is 1. The summed E-state index contributed by atoms with van der Waals surface area (Å²) >= 11 is 6.38. The van der Waals surface area contributed by atoms with E-state index in [1.165, 1.54) is 0 Å². The highest BCUT2D eigenvalue weighted by molar-refractivity contribution is 6.31. The van der Waals surface area contributed by atoms with Gasteiger partial charge in [-0.15, -0.1) is 0 Å². The van der Waals surface area contributed by atoms with Gasteiger partial charge >= 0.3 is 0 Å². The maximum absolute atomic E-state index is 12.8. The first-order valence-corrected chi connectivity index (χ1v) is 10.6. The number of aryl methyl sites for hydroxylation is 1. The van der Waals surface area contributed by atoms with Crippen LogP contribution in [0.3, 0.4) is 0 Å². The molecular formula is C21H30ClN7O. The van der Waals surface area contributed by atoms with Crippen molar-refractivity contribution in [3.8, 4) is 0 Å². The van der Waals surface area contributed by atoms with Crippen LogP contribution in [-0.2, 0) is 11.3 Å². The largest absolute Gasteiger partial charge is 0.378 e. The smallest absolute Gasteiger partial charge is 0.227 e. The lowest BCUT2D eigenvalue weighted by Crippen LogP contribution is -2.37. The number of hydrogen-bond donors (Lipinski definition) is 3. The average molecular weight is 432 g/mol. The van der Waals surface area contributed by atoms with E-state index in [0.717, 1.165) is 36.9 Å². The lowest BCUT2D eigenvalue weighted by molar-refractivity contribution is -0.126. The molecule has 30 heavy (non-hydrogen) atoms. The van der Waals surface area contributed by atoms with Gasteiger partial charge in [0.15, 0.2) is 0 Å². The Hall–Kier alpha value is -2.61. The van der Waals surface area contributed by atoms with Crippen LogP contribution in [0, 0.1) is 12.8 Å². The lowest BCUT2D eigenvalue weighted by Gasteiger charge is -2.29. The molecule has 9 heteroatoms. The summed E-state index contributed by atoms with van der Waals surface area (Å²) in [4.78, 5) is 27.7. The molecule has 0 spiro atoms. The van der Waals surface area contributed by atoms with Gasteiger partial charge in [-0.25, -0.2) is 0 Å². The summed E-state index contributed by atoms with van der Waals surface area (Å²) in [7, 11) is 5.72. The molecule has 1 saturated carbocycles. The molecule has 1 heterocycles. The molecular weight excluding hydrogens is 402 g/mol. The molecule has 1 fully saturated rings. The number of benzene rings is 1. The van der Waals surface area contributed by atoms with Crippen LogP contribution in [0.5, 0.6) is 0 Å². The quantitative estimate of drug-likeness (QED) is 0.619. The van der Waals surface area contributed by atoms with Crippen LogP contribution in [0.1, 0.15) is 37.1 Å². The first-order valence-electron chi connectivity index (χ1n) is 10.3. The molecule has 8 nitrogen and oxygen atoms in total. The van der Waals surface area contributed by atoms with E-state index in [1.54, 1.807) is 7.05 Å². The molecule has 1 aliphatic carbocycles. The van der Waals surface area contributed by atoms with Gasteiger partial charge in [0.05, 0.1) is 0 Å². The molecule has 0 bridgehead atoms. The number of rotatable bonds is 7. The molecule has 2 atom stereocenters. The molecule has 1 aliphatic rings. The van der Waals surface area contributed by atoms with E-state index in [-0.39, 0.29) is 17.9 Å². The van der Waals surface area contributed by atoms with E-state index in [1.807, 2.05) is 44.1 Å². The van der Waals surface area contributed by atoms with Gasteiger partial charge in [-0.2, -0.15) is 15.0 Å². The molecule has 1 amide bonds. The summed E-state index contributed by atoms with van der Waals surface area (Å²) < 4.78 is 0. The topological polar surface area (TPSA) is 95.1 Å². The molecule has 2 aromatic rings. The van der Waals surface area contributed by atoms with Gasteiger partial charge in [-0.05, 0) is 43.9 Å². The minimum Gasteiger partial charge on any atom is -0.378 e. The predicted octanol–water partition coefficient (Wildman–Crippen LogP) is 3.23. The van der Waals surface area contributed by atoms with E-state index in [9.17, 15) is 4.79 Å². The second-order valence-corrected chi connectivity index (χ2v) is 8.28. The number of nitrogens with zero attached hydrogens (tertiary/aromatic N) is 4. The van der Waals surface area contributed by atoms with Crippen LogP contribution in [-0.4, -0.2) is 48.0 Å². The Bertz CT molecular complexity index is 890. The van der Waals surface area contributed by atoms with Crippen LogP contribution >= 0.6 is 11.6 Å². The fourth-order valence-corrected chi connectivity index (χ4v) is 3.93. The molecule has 1 aromatic heterocycles. The molecule has 0 aliphatic heterocycles. The van der Waals surface area contributed by atoms with Gasteiger partial charge in [-0.1, -0.05) is 24.1 Å². The molecule has 1 aromatic carbocycles. The third-order valence-corrected chi connectivity index (χ3v) is 5.71. The maximum Gasteiger partial charge on any atom is 0.227 e. The summed E-state index contributed by atoms with van der Waals surface area (Å²) in [5.41, 5.74) is 1.95. The third-order valence-electron chi connectivity index (χ3n) is 5.36. The predicted molar refractivity (Wildman–Crippen MR) is 121 cm³/mol. The number of hydrogen-bond acceptors (Lipinski definition) is 7. The third kappa shape index (κ3) is 5.72. The number of nitrogens with one attached hydrogen (secondary N) is 3. The molecule has 3 N–H and O–H groups in total. The number of halogens is 1. The minimum atomic E-state index is -0.0391. The van der Waals surface area contributed by atoms with Crippen LogP contribution < -0.4 is 20.9 Å². The second-order valence-electron chi connectivity index (χ2n) is 7.87. The van der Waals surface area contributed by atoms with E-state index in [0.29, 0.717) is 29.3 Å². The molecule has 0 unspecified atom stereocenters. The van der Waals surface area contributed by atoms with Gasteiger partial charge in [0.25, 0.3) is 0 Å². The summed E-state index contributed by atoms with van der Waals surface area (Å²) in [5, 5.41) is 10.0. The van der Waals surface area contributed by atoms with Crippen LogP contribution in [0.2, 0.25) is 5.02 Å².